The molecule has 2 heterocycles. The monoisotopic (exact) mass is 458 g/mol. The van der Waals surface area contributed by atoms with Gasteiger partial charge in [-0.1, -0.05) is 30.3 Å². The van der Waals surface area contributed by atoms with Crippen LogP contribution in [0, 0.1) is 0 Å². The number of likely N-dealkylation sites (N-methyl/N-ethyl adjacent to an activating group) is 1. The van der Waals surface area contributed by atoms with Crippen LogP contribution < -0.4 is 15.4 Å². The van der Waals surface area contributed by atoms with Gasteiger partial charge in [0.15, 0.2) is 0 Å². The van der Waals surface area contributed by atoms with Crippen molar-refractivity contribution < 1.29 is 24.2 Å². The zero-order valence-corrected chi connectivity index (χ0v) is 18.8. The van der Waals surface area contributed by atoms with E-state index in [0.717, 1.165) is 38.9 Å². The number of para-hydroxylation sites is 1. The Bertz CT molecular complexity index is 1360. The number of nitrogens with zero attached hydrogens (tertiary/aromatic N) is 1. The number of hydrogen-bond acceptors (Lipinski definition) is 6. The van der Waals surface area contributed by atoms with Crippen LogP contribution >= 0.6 is 0 Å². The van der Waals surface area contributed by atoms with E-state index < -0.39 is 12.0 Å². The lowest BCUT2D eigenvalue weighted by Gasteiger charge is -2.35. The van der Waals surface area contributed by atoms with E-state index in [2.05, 4.69) is 17.0 Å². The molecule has 0 spiro atoms. The first-order valence-corrected chi connectivity index (χ1v) is 11.1. The number of carboxylic acid groups (broad SMARTS) is 1. The Labute approximate surface area is 197 Å². The highest BCUT2D eigenvalue weighted by Gasteiger charge is 2.28. The van der Waals surface area contributed by atoms with Crippen LogP contribution in [0.2, 0.25) is 0 Å². The minimum absolute atomic E-state index is 0.104. The highest BCUT2D eigenvalue weighted by atomic mass is 16.5. The van der Waals surface area contributed by atoms with Crippen molar-refractivity contribution in [3.8, 4) is 16.9 Å². The van der Waals surface area contributed by atoms with Gasteiger partial charge in [-0.2, -0.15) is 0 Å². The van der Waals surface area contributed by atoms with Crippen molar-refractivity contribution in [1.82, 2.24) is 0 Å². The van der Waals surface area contributed by atoms with Gasteiger partial charge in [-0.25, -0.2) is 0 Å². The molecular formula is C27H26N2O5. The summed E-state index contributed by atoms with van der Waals surface area (Å²) in [6.07, 6.45) is 1.26. The third-order valence-electron chi connectivity index (χ3n) is 6.30. The number of aliphatic carboxylic acids is 1. The Morgan fingerprint density at radius 3 is 2.79 bits per heavy atom. The van der Waals surface area contributed by atoms with Gasteiger partial charge in [-0.3, -0.25) is 4.79 Å². The molecule has 4 aromatic rings. The number of ether oxygens (including phenoxy) is 1. The molecule has 0 bridgehead atoms. The number of anilines is 1. The Hall–Kier alpha value is -3.81. The number of nitrogens with two attached hydrogens (primary N) is 1. The molecule has 34 heavy (non-hydrogen) atoms. The van der Waals surface area contributed by atoms with Gasteiger partial charge >= 0.3 is 5.97 Å². The molecule has 1 aromatic heterocycles. The SMILES string of the molecule is CN1C[C@@H](c2cc(-c3cccc([C@@H](N)CO)c3)c3occc3c2)Oc2c(CC(=O)O)cccc21. The van der Waals surface area contributed by atoms with E-state index >= 15 is 0 Å². The molecule has 1 aliphatic rings. The molecule has 4 N–H and O–H groups in total. The van der Waals surface area contributed by atoms with Crippen LogP contribution in [-0.2, 0) is 11.2 Å². The number of carboxylic acids is 1. The van der Waals surface area contributed by atoms with Gasteiger partial charge in [-0.05, 0) is 47.0 Å². The first kappa shape index (κ1) is 22.0. The third-order valence-corrected chi connectivity index (χ3v) is 6.30. The number of aliphatic hydroxyl groups is 1. The van der Waals surface area contributed by atoms with Crippen LogP contribution in [-0.4, -0.2) is 36.4 Å². The highest BCUT2D eigenvalue weighted by molar-refractivity contribution is 5.93. The molecule has 3 aromatic carbocycles. The zero-order chi connectivity index (χ0) is 23.8. The fourth-order valence-corrected chi connectivity index (χ4v) is 4.56. The minimum atomic E-state index is -0.898. The number of benzene rings is 3. The fourth-order valence-electron chi connectivity index (χ4n) is 4.56. The molecule has 0 aliphatic carbocycles. The van der Waals surface area contributed by atoms with Crippen LogP contribution in [0.5, 0.6) is 5.75 Å². The maximum absolute atomic E-state index is 11.4. The van der Waals surface area contributed by atoms with Crippen molar-refractivity contribution >= 4 is 22.6 Å². The van der Waals surface area contributed by atoms with Crippen LogP contribution in [0.3, 0.4) is 0 Å². The normalized spacial score (nSPS) is 16.2. The van der Waals surface area contributed by atoms with Gasteiger partial charge in [0, 0.05) is 23.6 Å². The molecular weight excluding hydrogens is 432 g/mol. The van der Waals surface area contributed by atoms with Crippen LogP contribution in [0.1, 0.15) is 28.8 Å². The first-order chi connectivity index (χ1) is 16.4. The average molecular weight is 459 g/mol. The summed E-state index contributed by atoms with van der Waals surface area (Å²) in [4.78, 5) is 13.5. The summed E-state index contributed by atoms with van der Waals surface area (Å²) in [5.74, 6) is -0.293. The number of furan rings is 1. The number of hydrogen-bond donors (Lipinski definition) is 3. The van der Waals surface area contributed by atoms with Gasteiger partial charge in [0.05, 0.1) is 37.6 Å². The van der Waals surface area contributed by atoms with Gasteiger partial charge in [0.2, 0.25) is 0 Å². The Morgan fingerprint density at radius 1 is 1.18 bits per heavy atom. The van der Waals surface area contributed by atoms with Crippen molar-refractivity contribution in [3.63, 3.8) is 0 Å². The number of rotatable bonds is 6. The summed E-state index contributed by atoms with van der Waals surface area (Å²) in [7, 11) is 1.98. The predicted octanol–water partition coefficient (Wildman–Crippen LogP) is 4.29. The van der Waals surface area contributed by atoms with E-state index in [-0.39, 0.29) is 19.1 Å². The summed E-state index contributed by atoms with van der Waals surface area (Å²) >= 11 is 0. The maximum atomic E-state index is 11.4. The van der Waals surface area contributed by atoms with E-state index in [1.807, 2.05) is 49.5 Å². The van der Waals surface area contributed by atoms with Crippen LogP contribution in [0.4, 0.5) is 5.69 Å². The first-order valence-electron chi connectivity index (χ1n) is 11.1. The molecule has 0 saturated heterocycles. The van der Waals surface area contributed by atoms with E-state index in [1.54, 1.807) is 12.3 Å². The van der Waals surface area contributed by atoms with Gasteiger partial charge in [0.1, 0.15) is 17.4 Å². The third kappa shape index (κ3) is 4.00. The maximum Gasteiger partial charge on any atom is 0.307 e. The summed E-state index contributed by atoms with van der Waals surface area (Å²) in [5, 5.41) is 19.8. The Kier molecular flexibility index (Phi) is 5.73. The van der Waals surface area contributed by atoms with E-state index in [9.17, 15) is 15.0 Å². The topological polar surface area (TPSA) is 109 Å². The lowest BCUT2D eigenvalue weighted by molar-refractivity contribution is -0.136. The number of fused-ring (bicyclic) bond motifs is 2. The molecule has 2 atom stereocenters. The minimum Gasteiger partial charge on any atom is -0.481 e. The molecule has 0 fully saturated rings. The van der Waals surface area contributed by atoms with Crippen LogP contribution in [0.25, 0.3) is 22.1 Å². The summed E-state index contributed by atoms with van der Waals surface area (Å²) in [6, 6.07) is 18.9. The quantitative estimate of drug-likeness (QED) is 0.395. The lowest BCUT2D eigenvalue weighted by Crippen LogP contribution is -2.32. The average Bonchev–Trinajstić information content (AvgIpc) is 3.32. The van der Waals surface area contributed by atoms with Crippen LogP contribution in [0.15, 0.2) is 71.3 Å². The standard InChI is InChI=1S/C27H26N2O5/c1-29-14-24(34-27-18(13-25(31)32)6-3-7-23(27)29)20-11-19-8-9-33-26(19)21(12-20)16-4-2-5-17(10-16)22(28)15-30/h2-12,22,24,30H,13-15,28H2,1H3,(H,31,32)/t22-,24-/m0/s1. The largest absolute Gasteiger partial charge is 0.481 e. The summed E-state index contributed by atoms with van der Waals surface area (Å²) in [5.41, 5.74) is 12.0. The second kappa shape index (κ2) is 8.85. The van der Waals surface area contributed by atoms with Crippen molar-refractivity contribution in [3.05, 3.63) is 83.6 Å². The molecule has 0 unspecified atom stereocenters. The second-order valence-electron chi connectivity index (χ2n) is 8.64. The molecule has 0 saturated carbocycles. The summed E-state index contributed by atoms with van der Waals surface area (Å²) < 4.78 is 12.2. The van der Waals surface area contributed by atoms with Crippen molar-refractivity contribution in [1.29, 1.82) is 0 Å². The molecule has 0 radical (unpaired) electrons. The van der Waals surface area contributed by atoms with Gasteiger partial charge in [-0.15, -0.1) is 0 Å². The molecule has 0 amide bonds. The highest BCUT2D eigenvalue weighted by Crippen LogP contribution is 2.42. The van der Waals surface area contributed by atoms with E-state index in [4.69, 9.17) is 14.9 Å². The van der Waals surface area contributed by atoms with Crippen molar-refractivity contribution in [2.24, 2.45) is 5.73 Å². The Balaban J connectivity index is 1.58. The predicted molar refractivity (Wildman–Crippen MR) is 130 cm³/mol. The number of carbonyl (C=O) groups is 1. The summed E-state index contributed by atoms with van der Waals surface area (Å²) in [6.45, 7) is 0.474. The molecule has 1 aliphatic heterocycles. The fraction of sp³-hybridized carbons (Fsp3) is 0.222. The molecule has 7 nitrogen and oxygen atoms in total. The second-order valence-corrected chi connectivity index (χ2v) is 8.64. The molecule has 7 heteroatoms. The lowest BCUT2D eigenvalue weighted by atomic mass is 9.95. The molecule has 174 valence electrons. The van der Waals surface area contributed by atoms with E-state index in [1.165, 1.54) is 0 Å². The van der Waals surface area contributed by atoms with Crippen molar-refractivity contribution in [2.45, 2.75) is 18.6 Å². The number of aliphatic hydroxyl groups excluding tert-OH is 1. The zero-order valence-electron chi connectivity index (χ0n) is 18.8. The Morgan fingerprint density at radius 2 is 2.00 bits per heavy atom. The smallest absolute Gasteiger partial charge is 0.307 e. The molecule has 5 rings (SSSR count). The van der Waals surface area contributed by atoms with Gasteiger partial charge < -0.3 is 30.0 Å². The van der Waals surface area contributed by atoms with E-state index in [0.29, 0.717) is 17.9 Å². The van der Waals surface area contributed by atoms with Gasteiger partial charge in [0.25, 0.3) is 0 Å². The van der Waals surface area contributed by atoms with Crippen molar-refractivity contribution in [2.75, 3.05) is 25.1 Å².